The monoisotopic (exact) mass is 439 g/mol. The molecule has 0 aliphatic carbocycles. The van der Waals surface area contributed by atoms with Crippen molar-refractivity contribution in [2.45, 2.75) is 34.5 Å². The maximum Gasteiger partial charge on any atom is 0.196 e. The molecule has 0 bridgehead atoms. The molecule has 0 spiro atoms. The Balaban J connectivity index is 1.74. The van der Waals surface area contributed by atoms with Crippen molar-refractivity contribution in [3.63, 3.8) is 0 Å². The van der Waals surface area contributed by atoms with Crippen LogP contribution in [0.1, 0.15) is 25.3 Å². The molecule has 0 saturated carbocycles. The van der Waals surface area contributed by atoms with Gasteiger partial charge in [0.15, 0.2) is 20.1 Å². The molecule has 0 aliphatic rings. The Morgan fingerprint density at radius 1 is 0.645 bits per heavy atom. The van der Waals surface area contributed by atoms with E-state index < -0.39 is 0 Å². The van der Waals surface area contributed by atoms with Gasteiger partial charge in [-0.2, -0.15) is 0 Å². The normalized spacial score (nSPS) is 11.6. The van der Waals surface area contributed by atoms with Gasteiger partial charge in [0.25, 0.3) is 0 Å². The van der Waals surface area contributed by atoms with Crippen LogP contribution >= 0.6 is 11.3 Å². The van der Waals surface area contributed by atoms with Crippen LogP contribution in [0.4, 0.5) is 0 Å². The first kappa shape index (κ1) is 20.0. The highest BCUT2D eigenvalue weighted by molar-refractivity contribution is 7.97. The number of hydrogen-bond donors (Lipinski definition) is 0. The number of rotatable bonds is 4. The van der Waals surface area contributed by atoms with Gasteiger partial charge in [-0.1, -0.05) is 56.3 Å². The molecule has 0 fully saturated rings. The summed E-state index contributed by atoms with van der Waals surface area (Å²) in [5.41, 5.74) is 1.35. The second kappa shape index (κ2) is 8.33. The second-order valence-electron chi connectivity index (χ2n) is 7.93. The lowest BCUT2D eigenvalue weighted by atomic mass is 10.0. The van der Waals surface area contributed by atoms with E-state index in [0.717, 1.165) is 20.2 Å². The third-order valence-corrected chi connectivity index (χ3v) is 8.89. The fourth-order valence-electron chi connectivity index (χ4n) is 3.86. The van der Waals surface area contributed by atoms with Gasteiger partial charge in [-0.05, 0) is 60.0 Å². The molecule has 4 aromatic carbocycles. The zero-order valence-corrected chi connectivity index (χ0v) is 19.2. The van der Waals surface area contributed by atoms with Gasteiger partial charge >= 0.3 is 0 Å². The molecule has 0 radical (unpaired) electrons. The molecule has 0 N–H and O–H groups in total. The van der Waals surface area contributed by atoms with Crippen LogP contribution in [-0.4, -0.2) is 0 Å². The third kappa shape index (κ3) is 3.80. The lowest BCUT2D eigenvalue weighted by Gasteiger charge is -2.10. The molecule has 152 valence electrons. The number of benzene rings is 4. The summed E-state index contributed by atoms with van der Waals surface area (Å²) in [6.45, 7) is 4.33. The SMILES string of the molecule is CC(C)c1ccc2sc3ccc([S+](c4ccccc4)c4ccccc4)cc3c(=O)c2c1. The largest absolute Gasteiger partial charge is 0.288 e. The molecule has 5 aromatic rings. The average Bonchev–Trinajstić information content (AvgIpc) is 2.81. The molecular formula is C28H23OS2+. The van der Waals surface area contributed by atoms with E-state index in [1.807, 2.05) is 12.1 Å². The average molecular weight is 440 g/mol. The molecular weight excluding hydrogens is 416 g/mol. The van der Waals surface area contributed by atoms with Crippen molar-refractivity contribution in [3.8, 4) is 0 Å². The zero-order chi connectivity index (χ0) is 21.4. The molecule has 1 aromatic heterocycles. The Bertz CT molecular complexity index is 1380. The predicted octanol–water partition coefficient (Wildman–Crippen LogP) is 7.63. The molecule has 31 heavy (non-hydrogen) atoms. The summed E-state index contributed by atoms with van der Waals surface area (Å²) in [5, 5.41) is 1.65. The van der Waals surface area contributed by atoms with Gasteiger partial charge in [-0.25, -0.2) is 0 Å². The van der Waals surface area contributed by atoms with Crippen LogP contribution in [0, 0.1) is 0 Å². The Morgan fingerprint density at radius 3 is 1.77 bits per heavy atom. The smallest absolute Gasteiger partial charge is 0.196 e. The lowest BCUT2D eigenvalue weighted by Crippen LogP contribution is -2.07. The maximum atomic E-state index is 13.5. The van der Waals surface area contributed by atoms with Gasteiger partial charge in [0.1, 0.15) is 0 Å². The minimum Gasteiger partial charge on any atom is -0.288 e. The molecule has 5 rings (SSSR count). The third-order valence-electron chi connectivity index (χ3n) is 5.52. The van der Waals surface area contributed by atoms with E-state index in [0.29, 0.717) is 5.92 Å². The van der Waals surface area contributed by atoms with Crippen molar-refractivity contribution < 1.29 is 0 Å². The minimum absolute atomic E-state index is 0.137. The highest BCUT2D eigenvalue weighted by Crippen LogP contribution is 2.34. The van der Waals surface area contributed by atoms with E-state index >= 15 is 0 Å². The zero-order valence-electron chi connectivity index (χ0n) is 17.5. The molecule has 0 amide bonds. The minimum atomic E-state index is -0.259. The summed E-state index contributed by atoms with van der Waals surface area (Å²) >= 11 is 1.70. The van der Waals surface area contributed by atoms with Crippen molar-refractivity contribution in [1.82, 2.24) is 0 Å². The van der Waals surface area contributed by atoms with Crippen LogP contribution in [-0.2, 0) is 10.9 Å². The Morgan fingerprint density at radius 2 is 1.19 bits per heavy atom. The molecule has 1 heterocycles. The predicted molar refractivity (Wildman–Crippen MR) is 135 cm³/mol. The van der Waals surface area contributed by atoms with Crippen molar-refractivity contribution in [2.24, 2.45) is 0 Å². The van der Waals surface area contributed by atoms with Gasteiger partial charge in [0, 0.05) is 26.2 Å². The molecule has 0 atom stereocenters. The standard InChI is InChI=1S/C28H23OS2/c1-19(2)20-13-15-26-24(17-20)28(29)25-18-23(14-16-27(25)30-26)31(21-9-5-3-6-10-21)22-11-7-4-8-12-22/h3-19H,1-2H3/q+1. The summed E-state index contributed by atoms with van der Waals surface area (Å²) in [6, 6.07) is 33.9. The first-order chi connectivity index (χ1) is 15.1. The van der Waals surface area contributed by atoms with Crippen molar-refractivity contribution in [3.05, 3.63) is 113 Å². The molecule has 0 unspecified atom stereocenters. The number of fused-ring (bicyclic) bond motifs is 2. The molecule has 0 saturated heterocycles. The highest BCUT2D eigenvalue weighted by atomic mass is 32.2. The van der Waals surface area contributed by atoms with E-state index in [9.17, 15) is 4.79 Å². The Labute approximate surface area is 189 Å². The first-order valence-corrected chi connectivity index (χ1v) is 12.5. The molecule has 3 heteroatoms. The quantitative estimate of drug-likeness (QED) is 0.208. The fraction of sp³-hybridized carbons (Fsp3) is 0.107. The second-order valence-corrected chi connectivity index (χ2v) is 11.0. The Kier molecular flexibility index (Phi) is 5.39. The van der Waals surface area contributed by atoms with Gasteiger partial charge in [0.05, 0.1) is 10.9 Å². The van der Waals surface area contributed by atoms with E-state index in [4.69, 9.17) is 0 Å². The maximum absolute atomic E-state index is 13.5. The van der Waals surface area contributed by atoms with Crippen LogP contribution < -0.4 is 5.43 Å². The van der Waals surface area contributed by atoms with E-state index in [1.54, 1.807) is 11.3 Å². The summed E-state index contributed by atoms with van der Waals surface area (Å²) < 4.78 is 2.10. The summed E-state index contributed by atoms with van der Waals surface area (Å²) in [7, 11) is -0.259. The van der Waals surface area contributed by atoms with Crippen molar-refractivity contribution in [1.29, 1.82) is 0 Å². The van der Waals surface area contributed by atoms with Gasteiger partial charge in [-0.3, -0.25) is 4.79 Å². The highest BCUT2D eigenvalue weighted by Gasteiger charge is 2.28. The van der Waals surface area contributed by atoms with Crippen LogP contribution in [0.15, 0.2) is 117 Å². The fourth-order valence-corrected chi connectivity index (χ4v) is 7.01. The lowest BCUT2D eigenvalue weighted by molar-refractivity contribution is 0.869. The summed E-state index contributed by atoms with van der Waals surface area (Å²) in [4.78, 5) is 17.2. The van der Waals surface area contributed by atoms with Gasteiger partial charge < -0.3 is 0 Å². The number of hydrogen-bond acceptors (Lipinski definition) is 2. The van der Waals surface area contributed by atoms with Crippen LogP contribution in [0.5, 0.6) is 0 Å². The van der Waals surface area contributed by atoms with Crippen molar-refractivity contribution >= 4 is 42.4 Å². The summed E-state index contributed by atoms with van der Waals surface area (Å²) in [6.07, 6.45) is 0. The molecule has 1 nitrogen and oxygen atoms in total. The van der Waals surface area contributed by atoms with Crippen LogP contribution in [0.3, 0.4) is 0 Å². The first-order valence-electron chi connectivity index (χ1n) is 10.5. The van der Waals surface area contributed by atoms with Crippen molar-refractivity contribution in [2.75, 3.05) is 0 Å². The van der Waals surface area contributed by atoms with E-state index in [2.05, 4.69) is 98.8 Å². The van der Waals surface area contributed by atoms with Gasteiger partial charge in [-0.15, -0.1) is 11.3 Å². The topological polar surface area (TPSA) is 17.1 Å². The van der Waals surface area contributed by atoms with E-state index in [-0.39, 0.29) is 16.3 Å². The van der Waals surface area contributed by atoms with Gasteiger partial charge in [0.2, 0.25) is 0 Å². The molecule has 0 aliphatic heterocycles. The van der Waals surface area contributed by atoms with Crippen LogP contribution in [0.25, 0.3) is 20.2 Å². The van der Waals surface area contributed by atoms with Crippen LogP contribution in [0.2, 0.25) is 0 Å². The van der Waals surface area contributed by atoms with E-state index in [1.165, 1.54) is 20.2 Å². The summed E-state index contributed by atoms with van der Waals surface area (Å²) in [5.74, 6) is 0.401. The Hall–Kier alpha value is -2.88.